The Labute approximate surface area is 109 Å². The fourth-order valence-corrected chi connectivity index (χ4v) is 0.979. The molecule has 0 aliphatic rings. The number of unbranched alkanes of at least 4 members (excludes halogenated alkanes) is 1. The lowest BCUT2D eigenvalue weighted by atomic mass is 10.1. The summed E-state index contributed by atoms with van der Waals surface area (Å²) in [5.74, 6) is 5.36. The van der Waals surface area contributed by atoms with Gasteiger partial charge in [-0.2, -0.15) is 0 Å². The van der Waals surface area contributed by atoms with E-state index in [4.69, 9.17) is 5.11 Å². The van der Waals surface area contributed by atoms with E-state index in [1.54, 1.807) is 0 Å². The molecule has 0 aliphatic carbocycles. The molecule has 100 valence electrons. The van der Waals surface area contributed by atoms with Crippen LogP contribution in [0.2, 0.25) is 0 Å². The molecule has 1 N–H and O–H groups in total. The van der Waals surface area contributed by atoms with Crippen molar-refractivity contribution in [2.75, 3.05) is 6.61 Å². The van der Waals surface area contributed by atoms with E-state index in [2.05, 4.69) is 24.0 Å². The van der Waals surface area contributed by atoms with E-state index in [-0.39, 0.29) is 0 Å². The molecule has 0 aliphatic heterocycles. The van der Waals surface area contributed by atoms with Gasteiger partial charge in [-0.25, -0.2) is 0 Å². The Kier molecular flexibility index (Phi) is 30.4. The monoisotopic (exact) mass is 238 g/mol. The minimum Gasteiger partial charge on any atom is -0.396 e. The van der Waals surface area contributed by atoms with Crippen LogP contribution in [-0.4, -0.2) is 11.7 Å². The largest absolute Gasteiger partial charge is 0.396 e. The molecule has 1 heteroatoms. The van der Waals surface area contributed by atoms with Crippen molar-refractivity contribution in [1.82, 2.24) is 0 Å². The second-order valence-corrected chi connectivity index (χ2v) is 3.04. The third kappa shape index (κ3) is 25.4. The average Bonchev–Trinajstić information content (AvgIpc) is 2.40. The molecule has 1 nitrogen and oxygen atoms in total. The Balaban J connectivity index is -0.000000275. The standard InChI is InChI=1S/C10H18O.C4H6.C2H6/c1-3-7-10(4-2)8-5-6-9-11;1-3-4-2;1-2/h3-4,7,11H,5-6,8-9H2,1-2H3;1-2H3;1-2H3/b7-3-,10-4+;;. The van der Waals surface area contributed by atoms with Crippen molar-refractivity contribution in [2.24, 2.45) is 0 Å². The van der Waals surface area contributed by atoms with E-state index in [1.807, 2.05) is 47.6 Å². The second-order valence-electron chi connectivity index (χ2n) is 3.04. The van der Waals surface area contributed by atoms with Crippen LogP contribution in [0.15, 0.2) is 23.8 Å². The number of aliphatic hydroxyl groups is 1. The summed E-state index contributed by atoms with van der Waals surface area (Å²) in [5.41, 5.74) is 1.36. The van der Waals surface area contributed by atoms with E-state index in [1.165, 1.54) is 5.57 Å². The van der Waals surface area contributed by atoms with Gasteiger partial charge in [0, 0.05) is 6.61 Å². The van der Waals surface area contributed by atoms with Gasteiger partial charge in [-0.3, -0.25) is 0 Å². The molecule has 17 heavy (non-hydrogen) atoms. The van der Waals surface area contributed by atoms with Gasteiger partial charge in [-0.1, -0.05) is 37.6 Å². The number of hydrogen-bond donors (Lipinski definition) is 1. The summed E-state index contributed by atoms with van der Waals surface area (Å²) >= 11 is 0. The summed E-state index contributed by atoms with van der Waals surface area (Å²) in [6.45, 7) is 12.0. The molecule has 0 saturated heterocycles. The predicted octanol–water partition coefficient (Wildman–Crippen LogP) is 4.73. The van der Waals surface area contributed by atoms with Gasteiger partial charge in [0.15, 0.2) is 0 Å². The number of rotatable bonds is 5. The summed E-state index contributed by atoms with van der Waals surface area (Å²) in [5, 5.41) is 8.54. The highest BCUT2D eigenvalue weighted by Gasteiger charge is 1.90. The highest BCUT2D eigenvalue weighted by atomic mass is 16.2. The van der Waals surface area contributed by atoms with Crippen molar-refractivity contribution in [3.8, 4) is 11.8 Å². The molecule has 0 bridgehead atoms. The van der Waals surface area contributed by atoms with Crippen LogP contribution in [0.25, 0.3) is 0 Å². The van der Waals surface area contributed by atoms with Gasteiger partial charge in [0.2, 0.25) is 0 Å². The predicted molar refractivity (Wildman–Crippen MR) is 80.0 cm³/mol. The van der Waals surface area contributed by atoms with Crippen LogP contribution in [0.1, 0.15) is 60.8 Å². The van der Waals surface area contributed by atoms with Gasteiger partial charge in [-0.15, -0.1) is 11.8 Å². The number of aliphatic hydroxyl groups excluding tert-OH is 1. The minimum absolute atomic E-state index is 0.312. The van der Waals surface area contributed by atoms with Crippen molar-refractivity contribution >= 4 is 0 Å². The highest BCUT2D eigenvalue weighted by Crippen LogP contribution is 2.08. The maximum atomic E-state index is 8.54. The van der Waals surface area contributed by atoms with Crippen molar-refractivity contribution in [3.63, 3.8) is 0 Å². The van der Waals surface area contributed by atoms with Crippen LogP contribution in [0.3, 0.4) is 0 Å². The Morgan fingerprint density at radius 1 is 1.06 bits per heavy atom. The highest BCUT2D eigenvalue weighted by molar-refractivity contribution is 5.16. The van der Waals surface area contributed by atoms with Crippen LogP contribution < -0.4 is 0 Å². The van der Waals surface area contributed by atoms with Gasteiger partial charge in [0.05, 0.1) is 0 Å². The Hall–Kier alpha value is -1.00. The lowest BCUT2D eigenvalue weighted by Crippen LogP contribution is -1.84. The summed E-state index contributed by atoms with van der Waals surface area (Å²) in [7, 11) is 0. The Bertz CT molecular complexity index is 220. The lowest BCUT2D eigenvalue weighted by Gasteiger charge is -1.98. The van der Waals surface area contributed by atoms with E-state index >= 15 is 0 Å². The quantitative estimate of drug-likeness (QED) is 0.417. The van der Waals surface area contributed by atoms with E-state index in [0.717, 1.165) is 19.3 Å². The van der Waals surface area contributed by atoms with Crippen molar-refractivity contribution in [3.05, 3.63) is 23.8 Å². The smallest absolute Gasteiger partial charge is 0.0431 e. The zero-order valence-corrected chi connectivity index (χ0v) is 12.5. The molecule has 0 rings (SSSR count). The maximum absolute atomic E-state index is 8.54. The first-order valence-corrected chi connectivity index (χ1v) is 6.49. The number of allylic oxidation sites excluding steroid dienone is 4. The van der Waals surface area contributed by atoms with E-state index in [0.29, 0.717) is 6.61 Å². The molecular formula is C16H30O. The molecule has 0 atom stereocenters. The first kappa shape index (κ1) is 21.3. The summed E-state index contributed by atoms with van der Waals surface area (Å²) in [6.07, 6.45) is 9.37. The second kappa shape index (κ2) is 24.3. The molecule has 0 spiro atoms. The molecule has 0 heterocycles. The third-order valence-corrected chi connectivity index (χ3v) is 1.88. The fraction of sp³-hybridized carbons (Fsp3) is 0.625. The third-order valence-electron chi connectivity index (χ3n) is 1.88. The Morgan fingerprint density at radius 2 is 1.59 bits per heavy atom. The molecule has 0 amide bonds. The first-order valence-electron chi connectivity index (χ1n) is 6.49. The zero-order chi connectivity index (χ0) is 13.9. The van der Waals surface area contributed by atoms with E-state index < -0.39 is 0 Å². The van der Waals surface area contributed by atoms with E-state index in [9.17, 15) is 0 Å². The van der Waals surface area contributed by atoms with Gasteiger partial charge in [-0.05, 0) is 47.0 Å². The van der Waals surface area contributed by atoms with Crippen molar-refractivity contribution < 1.29 is 5.11 Å². The van der Waals surface area contributed by atoms with Gasteiger partial charge in [0.1, 0.15) is 0 Å². The van der Waals surface area contributed by atoms with Crippen LogP contribution in [-0.2, 0) is 0 Å². The van der Waals surface area contributed by atoms with Gasteiger partial charge in [0.25, 0.3) is 0 Å². The molecule has 0 radical (unpaired) electrons. The molecule has 0 unspecified atom stereocenters. The zero-order valence-electron chi connectivity index (χ0n) is 12.5. The topological polar surface area (TPSA) is 20.2 Å². The molecule has 0 aromatic carbocycles. The normalized spacial score (nSPS) is 9.47. The van der Waals surface area contributed by atoms with Crippen molar-refractivity contribution in [1.29, 1.82) is 0 Å². The minimum atomic E-state index is 0.312. The first-order chi connectivity index (χ1) is 8.26. The summed E-state index contributed by atoms with van der Waals surface area (Å²) in [6, 6.07) is 0. The van der Waals surface area contributed by atoms with Crippen LogP contribution >= 0.6 is 0 Å². The Morgan fingerprint density at radius 3 is 1.88 bits per heavy atom. The van der Waals surface area contributed by atoms with Gasteiger partial charge < -0.3 is 5.11 Å². The van der Waals surface area contributed by atoms with Crippen LogP contribution in [0.5, 0.6) is 0 Å². The van der Waals surface area contributed by atoms with Crippen LogP contribution in [0.4, 0.5) is 0 Å². The van der Waals surface area contributed by atoms with Gasteiger partial charge >= 0.3 is 0 Å². The molecule has 0 fully saturated rings. The van der Waals surface area contributed by atoms with Crippen molar-refractivity contribution in [2.45, 2.75) is 60.8 Å². The number of hydrogen-bond acceptors (Lipinski definition) is 1. The maximum Gasteiger partial charge on any atom is 0.0431 e. The molecule has 0 saturated carbocycles. The average molecular weight is 238 g/mol. The summed E-state index contributed by atoms with van der Waals surface area (Å²) in [4.78, 5) is 0. The lowest BCUT2D eigenvalue weighted by molar-refractivity contribution is 0.285. The SMILES string of the molecule is C/C=C\C(=C/C)CCCCO.CC.CC#CC. The molecular weight excluding hydrogens is 208 g/mol. The fourth-order valence-electron chi connectivity index (χ4n) is 0.979. The van der Waals surface area contributed by atoms with Crippen LogP contribution in [0, 0.1) is 11.8 Å². The molecule has 0 aromatic heterocycles. The summed E-state index contributed by atoms with van der Waals surface area (Å²) < 4.78 is 0. The molecule has 0 aromatic rings.